The molecule has 0 unspecified atom stereocenters. The van der Waals surface area contributed by atoms with Crippen LogP contribution >= 0.6 is 24.0 Å². The number of nitrogens with zero attached hydrogens (tertiary/aromatic N) is 2. The molecule has 0 amide bonds. The van der Waals surface area contributed by atoms with Gasteiger partial charge >= 0.3 is 5.97 Å². The number of guanidine groups is 1. The predicted molar refractivity (Wildman–Crippen MR) is 101 cm³/mol. The molecule has 1 aliphatic heterocycles. The number of carbonyl (C=O) groups is 1. The highest BCUT2D eigenvalue weighted by molar-refractivity contribution is 14.0. The molecular weight excluding hydrogens is 395 g/mol. The van der Waals surface area contributed by atoms with E-state index in [2.05, 4.69) is 39.1 Å². The zero-order valence-electron chi connectivity index (χ0n) is 14.3. The minimum absolute atomic E-state index is 0. The van der Waals surface area contributed by atoms with E-state index >= 15 is 0 Å². The lowest BCUT2D eigenvalue weighted by Crippen LogP contribution is -2.55. The molecule has 130 valence electrons. The van der Waals surface area contributed by atoms with Gasteiger partial charge in [-0.25, -0.2) is 0 Å². The van der Waals surface area contributed by atoms with Gasteiger partial charge in [0.25, 0.3) is 0 Å². The van der Waals surface area contributed by atoms with E-state index in [1.807, 2.05) is 0 Å². The lowest BCUT2D eigenvalue weighted by Gasteiger charge is -2.41. The van der Waals surface area contributed by atoms with Gasteiger partial charge in [0, 0.05) is 25.7 Å². The Balaban J connectivity index is 0.00000441. The van der Waals surface area contributed by atoms with Gasteiger partial charge in [-0.2, -0.15) is 0 Å². The topological polar surface area (TPSA) is 66.0 Å². The second-order valence-electron chi connectivity index (χ2n) is 6.04. The lowest BCUT2D eigenvalue weighted by molar-refractivity contribution is -0.140. The van der Waals surface area contributed by atoms with Crippen LogP contribution in [0.1, 0.15) is 39.5 Å². The third-order valence-corrected chi connectivity index (χ3v) is 3.97. The molecule has 1 saturated heterocycles. The van der Waals surface area contributed by atoms with Crippen LogP contribution in [-0.2, 0) is 9.53 Å². The van der Waals surface area contributed by atoms with E-state index in [4.69, 9.17) is 0 Å². The van der Waals surface area contributed by atoms with Crippen molar-refractivity contribution in [1.29, 1.82) is 0 Å². The number of hydrogen-bond acceptors (Lipinski definition) is 4. The fraction of sp³-hybridized carbons (Fsp3) is 0.867. The molecule has 0 aromatic rings. The van der Waals surface area contributed by atoms with E-state index in [0.717, 1.165) is 12.5 Å². The molecule has 1 heterocycles. The molecule has 6 nitrogen and oxygen atoms in total. The van der Waals surface area contributed by atoms with E-state index in [1.165, 1.54) is 39.5 Å². The van der Waals surface area contributed by atoms with Crippen molar-refractivity contribution in [3.8, 4) is 0 Å². The van der Waals surface area contributed by atoms with Crippen LogP contribution in [0.2, 0.25) is 0 Å². The minimum Gasteiger partial charge on any atom is -0.469 e. The summed E-state index contributed by atoms with van der Waals surface area (Å²) in [7, 11) is 3.14. The predicted octanol–water partition coefficient (Wildman–Crippen LogP) is 1.60. The molecule has 0 aliphatic carbocycles. The van der Waals surface area contributed by atoms with Crippen LogP contribution in [0.5, 0.6) is 0 Å². The number of piperidine rings is 1. The Hall–Kier alpha value is -0.570. The summed E-state index contributed by atoms with van der Waals surface area (Å²) in [5.74, 6) is 0.510. The monoisotopic (exact) mass is 426 g/mol. The van der Waals surface area contributed by atoms with Crippen molar-refractivity contribution < 1.29 is 9.53 Å². The summed E-state index contributed by atoms with van der Waals surface area (Å²) >= 11 is 0. The molecule has 0 atom stereocenters. The third-order valence-electron chi connectivity index (χ3n) is 3.97. The summed E-state index contributed by atoms with van der Waals surface area (Å²) in [5, 5.41) is 6.47. The molecule has 0 aromatic carbocycles. The number of rotatable bonds is 6. The molecule has 1 aliphatic rings. The van der Waals surface area contributed by atoms with Crippen molar-refractivity contribution in [1.82, 2.24) is 15.5 Å². The highest BCUT2D eigenvalue weighted by atomic mass is 127. The van der Waals surface area contributed by atoms with Crippen molar-refractivity contribution in [3.63, 3.8) is 0 Å². The zero-order valence-corrected chi connectivity index (χ0v) is 16.6. The van der Waals surface area contributed by atoms with Gasteiger partial charge in [-0.3, -0.25) is 14.7 Å². The van der Waals surface area contributed by atoms with Crippen molar-refractivity contribution in [2.75, 3.05) is 40.3 Å². The highest BCUT2D eigenvalue weighted by Gasteiger charge is 2.27. The number of ether oxygens (including phenoxy) is 1. The van der Waals surface area contributed by atoms with Gasteiger partial charge in [0.15, 0.2) is 5.96 Å². The zero-order chi connectivity index (χ0) is 15.7. The third kappa shape index (κ3) is 7.62. The maximum Gasteiger partial charge on any atom is 0.307 e. The maximum atomic E-state index is 11.1. The average molecular weight is 426 g/mol. The Morgan fingerprint density at radius 2 is 1.86 bits per heavy atom. The number of aliphatic imine (C=N–C) groups is 1. The smallest absolute Gasteiger partial charge is 0.307 e. The standard InChI is InChI=1S/C15H30N4O2.HI/c1-15(2,19-10-6-5-7-11-19)12-18-14(16-3)17-9-8-13(20)21-4;/h5-12H2,1-4H3,(H2,16,17,18);1H. The number of nitrogens with one attached hydrogen (secondary N) is 2. The van der Waals surface area contributed by atoms with Crippen LogP contribution in [0, 0.1) is 0 Å². The van der Waals surface area contributed by atoms with E-state index in [9.17, 15) is 4.79 Å². The Morgan fingerprint density at radius 1 is 1.23 bits per heavy atom. The number of likely N-dealkylation sites (tertiary alicyclic amines) is 1. The van der Waals surface area contributed by atoms with Gasteiger partial charge in [-0.05, 0) is 39.8 Å². The highest BCUT2D eigenvalue weighted by Crippen LogP contribution is 2.19. The summed E-state index contributed by atoms with van der Waals surface area (Å²) in [6.45, 7) is 8.20. The largest absolute Gasteiger partial charge is 0.469 e. The second kappa shape index (κ2) is 11.0. The minimum atomic E-state index is -0.216. The van der Waals surface area contributed by atoms with Crippen LogP contribution in [0.15, 0.2) is 4.99 Å². The van der Waals surface area contributed by atoms with Crippen LogP contribution in [0.4, 0.5) is 0 Å². The molecule has 0 aromatic heterocycles. The van der Waals surface area contributed by atoms with Crippen molar-refractivity contribution in [2.45, 2.75) is 45.1 Å². The van der Waals surface area contributed by atoms with E-state index in [1.54, 1.807) is 7.05 Å². The summed E-state index contributed by atoms with van der Waals surface area (Å²) in [5.41, 5.74) is 0.0976. The Labute approximate surface area is 151 Å². The van der Waals surface area contributed by atoms with Crippen molar-refractivity contribution >= 4 is 35.9 Å². The molecule has 0 bridgehead atoms. The van der Waals surface area contributed by atoms with Crippen molar-refractivity contribution in [2.24, 2.45) is 4.99 Å². The van der Waals surface area contributed by atoms with Crippen LogP contribution in [-0.4, -0.2) is 62.7 Å². The van der Waals surface area contributed by atoms with Gasteiger partial charge < -0.3 is 15.4 Å². The summed E-state index contributed by atoms with van der Waals surface area (Å²) in [6.07, 6.45) is 4.26. The molecule has 0 saturated carbocycles. The quantitative estimate of drug-likeness (QED) is 0.292. The number of methoxy groups -OCH3 is 1. The Bertz CT molecular complexity index is 355. The summed E-state index contributed by atoms with van der Waals surface area (Å²) in [6, 6.07) is 0. The molecule has 1 fully saturated rings. The fourth-order valence-corrected chi connectivity index (χ4v) is 2.52. The first-order valence-corrected chi connectivity index (χ1v) is 7.76. The first-order valence-electron chi connectivity index (χ1n) is 7.76. The normalized spacial score (nSPS) is 16.6. The van der Waals surface area contributed by atoms with Gasteiger partial charge in [0.1, 0.15) is 0 Å². The molecule has 1 rings (SSSR count). The molecule has 2 N–H and O–H groups in total. The van der Waals surface area contributed by atoms with Crippen LogP contribution in [0.3, 0.4) is 0 Å². The van der Waals surface area contributed by atoms with Gasteiger partial charge in [0.2, 0.25) is 0 Å². The number of esters is 1. The molecule has 7 heteroatoms. The Kier molecular flexibility index (Phi) is 10.8. The number of carbonyl (C=O) groups excluding carboxylic acids is 1. The average Bonchev–Trinajstić information content (AvgIpc) is 2.51. The van der Waals surface area contributed by atoms with E-state index in [-0.39, 0.29) is 35.5 Å². The van der Waals surface area contributed by atoms with E-state index in [0.29, 0.717) is 13.0 Å². The lowest BCUT2D eigenvalue weighted by atomic mass is 9.98. The van der Waals surface area contributed by atoms with Gasteiger partial charge in [-0.1, -0.05) is 6.42 Å². The maximum absolute atomic E-state index is 11.1. The number of hydrogen-bond donors (Lipinski definition) is 2. The van der Waals surface area contributed by atoms with Crippen molar-refractivity contribution in [3.05, 3.63) is 0 Å². The first kappa shape index (κ1) is 21.4. The van der Waals surface area contributed by atoms with Crippen LogP contribution < -0.4 is 10.6 Å². The second-order valence-corrected chi connectivity index (χ2v) is 6.04. The first-order chi connectivity index (χ1) is 9.99. The van der Waals surface area contributed by atoms with Gasteiger partial charge in [0.05, 0.1) is 13.5 Å². The molecule has 0 spiro atoms. The van der Waals surface area contributed by atoms with Crippen LogP contribution in [0.25, 0.3) is 0 Å². The SMILES string of the molecule is CN=C(NCCC(=O)OC)NCC(C)(C)N1CCCCC1.I. The summed E-state index contributed by atoms with van der Waals surface area (Å²) in [4.78, 5) is 17.8. The fourth-order valence-electron chi connectivity index (χ4n) is 2.52. The van der Waals surface area contributed by atoms with E-state index < -0.39 is 0 Å². The number of halogens is 1. The molecule has 0 radical (unpaired) electrons. The Morgan fingerprint density at radius 3 is 2.41 bits per heavy atom. The van der Waals surface area contributed by atoms with Gasteiger partial charge in [-0.15, -0.1) is 24.0 Å². The molecule has 22 heavy (non-hydrogen) atoms. The molecular formula is C15H31IN4O2. The summed E-state index contributed by atoms with van der Waals surface area (Å²) < 4.78 is 4.61.